The molecule has 0 atom stereocenters. The maximum absolute atomic E-state index is 12.0. The highest BCUT2D eigenvalue weighted by Crippen LogP contribution is 2.18. The zero-order valence-corrected chi connectivity index (χ0v) is 16.1. The van der Waals surface area contributed by atoms with E-state index in [-0.39, 0.29) is 30.4 Å². The Morgan fingerprint density at radius 2 is 1.82 bits per heavy atom. The molecule has 0 aliphatic heterocycles. The SMILES string of the molecule is O=C(CCNS(=O)(=O)c1ccccc1)OCc1nc(-c2ccc(Cl)cc2)no1. The van der Waals surface area contributed by atoms with Crippen LogP contribution >= 0.6 is 11.6 Å². The second-order valence-electron chi connectivity index (χ2n) is 5.64. The fourth-order valence-electron chi connectivity index (χ4n) is 2.21. The highest BCUT2D eigenvalue weighted by Gasteiger charge is 2.15. The van der Waals surface area contributed by atoms with Crippen LogP contribution in [0, 0.1) is 0 Å². The first-order valence-electron chi connectivity index (χ1n) is 8.23. The van der Waals surface area contributed by atoms with Gasteiger partial charge in [0.2, 0.25) is 15.8 Å². The zero-order valence-electron chi connectivity index (χ0n) is 14.5. The highest BCUT2D eigenvalue weighted by molar-refractivity contribution is 7.89. The standard InChI is InChI=1S/C18H16ClN3O5S/c19-14-8-6-13(7-9-14)18-21-16(27-22-18)12-26-17(23)10-11-20-28(24,25)15-4-2-1-3-5-15/h1-9,20H,10-12H2. The van der Waals surface area contributed by atoms with Gasteiger partial charge in [-0.25, -0.2) is 13.1 Å². The van der Waals surface area contributed by atoms with E-state index >= 15 is 0 Å². The summed E-state index contributed by atoms with van der Waals surface area (Å²) in [5.41, 5.74) is 0.709. The first-order chi connectivity index (χ1) is 13.4. The third-order valence-electron chi connectivity index (χ3n) is 3.60. The van der Waals surface area contributed by atoms with E-state index in [1.165, 1.54) is 12.1 Å². The van der Waals surface area contributed by atoms with Gasteiger partial charge in [-0.05, 0) is 36.4 Å². The van der Waals surface area contributed by atoms with Gasteiger partial charge in [-0.3, -0.25) is 4.79 Å². The number of halogens is 1. The highest BCUT2D eigenvalue weighted by atomic mass is 35.5. The van der Waals surface area contributed by atoms with Gasteiger partial charge in [0.15, 0.2) is 6.61 Å². The van der Waals surface area contributed by atoms with Crippen molar-refractivity contribution in [3.05, 3.63) is 65.5 Å². The summed E-state index contributed by atoms with van der Waals surface area (Å²) in [6.45, 7) is -0.291. The van der Waals surface area contributed by atoms with E-state index in [2.05, 4.69) is 14.9 Å². The van der Waals surface area contributed by atoms with Gasteiger partial charge in [-0.15, -0.1) is 0 Å². The Balaban J connectivity index is 1.45. The van der Waals surface area contributed by atoms with Crippen LogP contribution in [0.15, 0.2) is 64.0 Å². The van der Waals surface area contributed by atoms with Gasteiger partial charge in [-0.2, -0.15) is 4.98 Å². The summed E-state index contributed by atoms with van der Waals surface area (Å²) in [7, 11) is -3.66. The van der Waals surface area contributed by atoms with Gasteiger partial charge < -0.3 is 9.26 Å². The Morgan fingerprint density at radius 1 is 1.11 bits per heavy atom. The van der Waals surface area contributed by atoms with Crippen molar-refractivity contribution in [2.45, 2.75) is 17.9 Å². The Kier molecular flexibility index (Phi) is 6.40. The van der Waals surface area contributed by atoms with E-state index in [1.54, 1.807) is 42.5 Å². The summed E-state index contributed by atoms with van der Waals surface area (Å²) in [5, 5.41) is 4.40. The van der Waals surface area contributed by atoms with Crippen LogP contribution in [0.1, 0.15) is 12.3 Å². The van der Waals surface area contributed by atoms with Crippen LogP contribution < -0.4 is 4.72 Å². The fraction of sp³-hybridized carbons (Fsp3) is 0.167. The smallest absolute Gasteiger partial charge is 0.307 e. The fourth-order valence-corrected chi connectivity index (χ4v) is 3.39. The van der Waals surface area contributed by atoms with Crippen molar-refractivity contribution in [3.63, 3.8) is 0 Å². The van der Waals surface area contributed by atoms with Gasteiger partial charge in [0.1, 0.15) is 0 Å². The molecule has 3 rings (SSSR count). The lowest BCUT2D eigenvalue weighted by Gasteiger charge is -2.06. The average molecular weight is 422 g/mol. The van der Waals surface area contributed by atoms with Crippen LogP contribution in [-0.2, 0) is 26.2 Å². The summed E-state index contributed by atoms with van der Waals surface area (Å²) in [6.07, 6.45) is -0.135. The van der Waals surface area contributed by atoms with E-state index in [0.29, 0.717) is 16.4 Å². The molecule has 0 spiro atoms. The van der Waals surface area contributed by atoms with Crippen molar-refractivity contribution >= 4 is 27.6 Å². The monoisotopic (exact) mass is 421 g/mol. The minimum absolute atomic E-state index is 0.0874. The third-order valence-corrected chi connectivity index (χ3v) is 5.33. The quantitative estimate of drug-likeness (QED) is 0.556. The zero-order chi connectivity index (χ0) is 20.0. The molecule has 0 radical (unpaired) electrons. The number of rotatable bonds is 8. The number of ether oxygens (including phenoxy) is 1. The van der Waals surface area contributed by atoms with Crippen LogP contribution in [0.5, 0.6) is 0 Å². The Morgan fingerprint density at radius 3 is 2.54 bits per heavy atom. The maximum atomic E-state index is 12.0. The number of nitrogens with zero attached hydrogens (tertiary/aromatic N) is 2. The van der Waals surface area contributed by atoms with Crippen molar-refractivity contribution in [3.8, 4) is 11.4 Å². The number of nitrogens with one attached hydrogen (secondary N) is 1. The topological polar surface area (TPSA) is 111 Å². The number of hydrogen-bond acceptors (Lipinski definition) is 7. The van der Waals surface area contributed by atoms with Crippen molar-refractivity contribution in [1.82, 2.24) is 14.9 Å². The lowest BCUT2D eigenvalue weighted by atomic mass is 10.2. The number of carbonyl (C=O) groups is 1. The van der Waals surface area contributed by atoms with Crippen molar-refractivity contribution in [2.24, 2.45) is 0 Å². The van der Waals surface area contributed by atoms with Crippen LogP contribution in [0.4, 0.5) is 0 Å². The van der Waals surface area contributed by atoms with Crippen molar-refractivity contribution < 1.29 is 22.5 Å². The number of benzene rings is 2. The average Bonchev–Trinajstić information content (AvgIpc) is 3.16. The molecule has 0 saturated carbocycles. The molecular formula is C18H16ClN3O5S. The van der Waals surface area contributed by atoms with E-state index in [9.17, 15) is 13.2 Å². The predicted molar refractivity (Wildman–Crippen MR) is 101 cm³/mol. The molecule has 0 bridgehead atoms. The second kappa shape index (κ2) is 8.96. The number of hydrogen-bond donors (Lipinski definition) is 1. The second-order valence-corrected chi connectivity index (χ2v) is 7.84. The Labute approximate surface area is 166 Å². The van der Waals surface area contributed by atoms with Gasteiger partial charge in [0.05, 0.1) is 11.3 Å². The van der Waals surface area contributed by atoms with Crippen LogP contribution in [0.3, 0.4) is 0 Å². The van der Waals surface area contributed by atoms with Crippen molar-refractivity contribution in [2.75, 3.05) is 6.54 Å². The van der Waals surface area contributed by atoms with E-state index < -0.39 is 16.0 Å². The van der Waals surface area contributed by atoms with Gasteiger partial charge in [0, 0.05) is 17.1 Å². The summed E-state index contributed by atoms with van der Waals surface area (Å²) in [4.78, 5) is 16.1. The lowest BCUT2D eigenvalue weighted by Crippen LogP contribution is -2.26. The first-order valence-corrected chi connectivity index (χ1v) is 10.1. The van der Waals surface area contributed by atoms with Crippen LogP contribution in [0.2, 0.25) is 5.02 Å². The molecule has 0 aliphatic carbocycles. The molecule has 1 aromatic heterocycles. The summed E-state index contributed by atoms with van der Waals surface area (Å²) < 4.78 is 36.5. The molecular weight excluding hydrogens is 406 g/mol. The Bertz CT molecular complexity index is 1040. The number of carbonyl (C=O) groups excluding carboxylic acids is 1. The van der Waals surface area contributed by atoms with Crippen LogP contribution in [-0.4, -0.2) is 31.1 Å². The van der Waals surface area contributed by atoms with Gasteiger partial charge in [0.25, 0.3) is 5.89 Å². The minimum Gasteiger partial charge on any atom is -0.456 e. The molecule has 0 amide bonds. The molecule has 146 valence electrons. The van der Waals surface area contributed by atoms with E-state index in [1.807, 2.05) is 0 Å². The normalized spacial score (nSPS) is 11.3. The summed E-state index contributed by atoms with van der Waals surface area (Å²) in [6, 6.07) is 14.8. The number of sulfonamides is 1. The molecule has 0 fully saturated rings. The first kappa shape index (κ1) is 20.0. The van der Waals surface area contributed by atoms with E-state index in [0.717, 1.165) is 0 Å². The number of aromatic nitrogens is 2. The third kappa shape index (κ3) is 5.38. The molecule has 10 heteroatoms. The molecule has 1 heterocycles. The molecule has 8 nitrogen and oxygen atoms in total. The predicted octanol–water partition coefficient (Wildman–Crippen LogP) is 2.80. The lowest BCUT2D eigenvalue weighted by molar-refractivity contribution is -0.145. The maximum Gasteiger partial charge on any atom is 0.307 e. The molecule has 28 heavy (non-hydrogen) atoms. The molecule has 3 aromatic rings. The largest absolute Gasteiger partial charge is 0.456 e. The minimum atomic E-state index is -3.66. The van der Waals surface area contributed by atoms with Gasteiger partial charge >= 0.3 is 5.97 Å². The summed E-state index contributed by atoms with van der Waals surface area (Å²) >= 11 is 5.83. The molecule has 1 N–H and O–H groups in total. The molecule has 0 aliphatic rings. The van der Waals surface area contributed by atoms with Crippen LogP contribution in [0.25, 0.3) is 11.4 Å². The molecule has 0 unspecified atom stereocenters. The van der Waals surface area contributed by atoms with E-state index in [4.69, 9.17) is 20.9 Å². The Hall–Kier alpha value is -2.75. The van der Waals surface area contributed by atoms with Gasteiger partial charge in [-0.1, -0.05) is 35.0 Å². The summed E-state index contributed by atoms with van der Waals surface area (Å²) in [5.74, 6) is -0.122. The molecule has 2 aromatic carbocycles. The number of esters is 1. The molecule has 0 saturated heterocycles. The van der Waals surface area contributed by atoms with Crippen molar-refractivity contribution in [1.29, 1.82) is 0 Å².